The molecule has 0 spiro atoms. The van der Waals surface area contributed by atoms with Crippen molar-refractivity contribution in [3.05, 3.63) is 133 Å². The third-order valence-electron chi connectivity index (χ3n) is 5.57. The third-order valence-corrected chi connectivity index (χ3v) is 5.57. The fraction of sp³-hybridized carbons (Fsp3) is 0. The summed E-state index contributed by atoms with van der Waals surface area (Å²) in [7, 11) is 0. The molecule has 5 aromatic carbocycles. The maximum atomic E-state index is 5.79. The lowest BCUT2D eigenvalue weighted by atomic mass is 10.0. The molecule has 0 atom stereocenters. The summed E-state index contributed by atoms with van der Waals surface area (Å²) in [6.07, 6.45) is 0. The molecule has 3 N–H and O–H groups in total. The van der Waals surface area contributed by atoms with Gasteiger partial charge in [0.1, 0.15) is 0 Å². The van der Waals surface area contributed by atoms with Gasteiger partial charge in [-0.25, -0.2) is 0 Å². The molecule has 0 bridgehead atoms. The van der Waals surface area contributed by atoms with Crippen LogP contribution in [0.2, 0.25) is 0 Å². The zero-order valence-electron chi connectivity index (χ0n) is 18.2. The number of nitrogens with zero attached hydrogens (tertiary/aromatic N) is 1. The van der Waals surface area contributed by atoms with Crippen LogP contribution in [0.3, 0.4) is 0 Å². The van der Waals surface area contributed by atoms with Crippen LogP contribution in [-0.2, 0) is 0 Å². The first-order chi connectivity index (χ1) is 16.3. The fourth-order valence-electron chi connectivity index (χ4n) is 3.88. The van der Waals surface area contributed by atoms with E-state index in [0.717, 1.165) is 34.1 Å². The molecule has 5 aromatic rings. The molecule has 0 fully saturated rings. The SMILES string of the molecule is Nc1ccc(Nc2ccc(N(c3ccccc3)c3ccc(-c4ccccc4)cc3)cc2)cc1. The van der Waals surface area contributed by atoms with Crippen molar-refractivity contribution in [3.63, 3.8) is 0 Å². The minimum atomic E-state index is 0.757. The Labute approximate surface area is 194 Å². The molecule has 33 heavy (non-hydrogen) atoms. The Bertz CT molecular complexity index is 1300. The molecule has 5 rings (SSSR count). The molecule has 160 valence electrons. The molecule has 0 heterocycles. The lowest BCUT2D eigenvalue weighted by molar-refractivity contribution is 1.28. The van der Waals surface area contributed by atoms with Crippen LogP contribution in [0.15, 0.2) is 133 Å². The molecule has 0 aliphatic heterocycles. The molecule has 0 radical (unpaired) electrons. The monoisotopic (exact) mass is 427 g/mol. The first-order valence-corrected chi connectivity index (χ1v) is 11.0. The van der Waals surface area contributed by atoms with E-state index in [4.69, 9.17) is 5.73 Å². The Kier molecular flexibility index (Phi) is 5.77. The molecule has 0 saturated carbocycles. The third kappa shape index (κ3) is 4.73. The lowest BCUT2D eigenvalue weighted by Gasteiger charge is -2.26. The highest BCUT2D eigenvalue weighted by Crippen LogP contribution is 2.36. The van der Waals surface area contributed by atoms with Crippen molar-refractivity contribution in [2.75, 3.05) is 16.0 Å². The van der Waals surface area contributed by atoms with E-state index in [1.54, 1.807) is 0 Å². The Morgan fingerprint density at radius 2 is 0.848 bits per heavy atom. The summed E-state index contributed by atoms with van der Waals surface area (Å²) in [5, 5.41) is 3.43. The number of nitrogen functional groups attached to an aromatic ring is 1. The summed E-state index contributed by atoms with van der Waals surface area (Å²) < 4.78 is 0. The molecule has 0 unspecified atom stereocenters. The van der Waals surface area contributed by atoms with Crippen molar-refractivity contribution in [1.29, 1.82) is 0 Å². The second-order valence-corrected chi connectivity index (χ2v) is 7.88. The van der Waals surface area contributed by atoms with Crippen LogP contribution < -0.4 is 16.0 Å². The average molecular weight is 428 g/mol. The van der Waals surface area contributed by atoms with Gasteiger partial charge in [-0.05, 0) is 83.9 Å². The van der Waals surface area contributed by atoms with Gasteiger partial charge in [-0.15, -0.1) is 0 Å². The number of anilines is 6. The molecule has 0 amide bonds. The van der Waals surface area contributed by atoms with Crippen molar-refractivity contribution in [2.45, 2.75) is 0 Å². The number of nitrogens with two attached hydrogens (primary N) is 1. The van der Waals surface area contributed by atoms with Crippen LogP contribution in [0, 0.1) is 0 Å². The van der Waals surface area contributed by atoms with Crippen molar-refractivity contribution >= 4 is 34.1 Å². The zero-order valence-corrected chi connectivity index (χ0v) is 18.2. The fourth-order valence-corrected chi connectivity index (χ4v) is 3.88. The van der Waals surface area contributed by atoms with Crippen molar-refractivity contribution < 1.29 is 0 Å². The molecule has 3 nitrogen and oxygen atoms in total. The van der Waals surface area contributed by atoms with Gasteiger partial charge in [0.25, 0.3) is 0 Å². The summed E-state index contributed by atoms with van der Waals surface area (Å²) in [6, 6.07) is 45.8. The number of hydrogen-bond acceptors (Lipinski definition) is 3. The zero-order chi connectivity index (χ0) is 22.5. The number of hydrogen-bond donors (Lipinski definition) is 2. The molecule has 0 aliphatic carbocycles. The van der Waals surface area contributed by atoms with Crippen LogP contribution in [0.5, 0.6) is 0 Å². The highest BCUT2D eigenvalue weighted by molar-refractivity contribution is 5.79. The minimum Gasteiger partial charge on any atom is -0.399 e. The number of nitrogens with one attached hydrogen (secondary N) is 1. The molecular formula is C30H25N3. The first-order valence-electron chi connectivity index (χ1n) is 11.0. The minimum absolute atomic E-state index is 0.757. The smallest absolute Gasteiger partial charge is 0.0463 e. The maximum absolute atomic E-state index is 5.79. The summed E-state index contributed by atoms with van der Waals surface area (Å²) in [5.41, 5.74) is 14.3. The predicted octanol–water partition coefficient (Wildman–Crippen LogP) is 8.15. The van der Waals surface area contributed by atoms with Crippen LogP contribution >= 0.6 is 0 Å². The van der Waals surface area contributed by atoms with Gasteiger partial charge in [-0.3, -0.25) is 0 Å². The molecule has 0 aromatic heterocycles. The van der Waals surface area contributed by atoms with Crippen LogP contribution in [-0.4, -0.2) is 0 Å². The number of para-hydroxylation sites is 1. The van der Waals surface area contributed by atoms with Gasteiger partial charge in [0.15, 0.2) is 0 Å². The summed E-state index contributed by atoms with van der Waals surface area (Å²) in [5.74, 6) is 0. The standard InChI is InChI=1S/C30H25N3/c31-25-13-15-26(16-14-25)32-27-17-21-30(22-18-27)33(28-9-5-2-6-10-28)29-19-11-24(12-20-29)23-7-3-1-4-8-23/h1-22,32H,31H2. The Balaban J connectivity index is 1.45. The Hall–Kier alpha value is -4.50. The number of benzene rings is 5. The Morgan fingerprint density at radius 1 is 0.424 bits per heavy atom. The molecule has 0 aliphatic rings. The number of rotatable bonds is 6. The molecule has 3 heteroatoms. The van der Waals surface area contributed by atoms with Crippen molar-refractivity contribution in [2.24, 2.45) is 0 Å². The van der Waals surface area contributed by atoms with Gasteiger partial charge >= 0.3 is 0 Å². The van der Waals surface area contributed by atoms with Gasteiger partial charge in [-0.1, -0.05) is 60.7 Å². The van der Waals surface area contributed by atoms with Gasteiger partial charge in [0.05, 0.1) is 0 Å². The van der Waals surface area contributed by atoms with Crippen LogP contribution in [0.4, 0.5) is 34.1 Å². The van der Waals surface area contributed by atoms with Crippen molar-refractivity contribution in [1.82, 2.24) is 0 Å². The van der Waals surface area contributed by atoms with Crippen LogP contribution in [0.1, 0.15) is 0 Å². The van der Waals surface area contributed by atoms with E-state index in [9.17, 15) is 0 Å². The largest absolute Gasteiger partial charge is 0.399 e. The molecular weight excluding hydrogens is 402 g/mol. The lowest BCUT2D eigenvalue weighted by Crippen LogP contribution is -2.09. The van der Waals surface area contributed by atoms with Crippen molar-refractivity contribution in [3.8, 4) is 11.1 Å². The quantitative estimate of drug-likeness (QED) is 0.269. The van der Waals surface area contributed by atoms with Gasteiger partial charge < -0.3 is 16.0 Å². The first kappa shape index (κ1) is 20.4. The average Bonchev–Trinajstić information content (AvgIpc) is 2.88. The molecule has 0 saturated heterocycles. The second-order valence-electron chi connectivity index (χ2n) is 7.88. The van der Waals surface area contributed by atoms with E-state index >= 15 is 0 Å². The van der Waals surface area contributed by atoms with E-state index in [1.807, 2.05) is 36.4 Å². The van der Waals surface area contributed by atoms with E-state index in [0.29, 0.717) is 0 Å². The summed E-state index contributed by atoms with van der Waals surface area (Å²) >= 11 is 0. The summed E-state index contributed by atoms with van der Waals surface area (Å²) in [4.78, 5) is 2.27. The predicted molar refractivity (Wildman–Crippen MR) is 141 cm³/mol. The van der Waals surface area contributed by atoms with Gasteiger partial charge in [0, 0.05) is 34.1 Å². The van der Waals surface area contributed by atoms with Gasteiger partial charge in [-0.2, -0.15) is 0 Å². The van der Waals surface area contributed by atoms with E-state index in [2.05, 4.69) is 107 Å². The second kappa shape index (κ2) is 9.33. The van der Waals surface area contributed by atoms with E-state index in [-0.39, 0.29) is 0 Å². The highest BCUT2D eigenvalue weighted by atomic mass is 15.1. The summed E-state index contributed by atoms with van der Waals surface area (Å²) in [6.45, 7) is 0. The highest BCUT2D eigenvalue weighted by Gasteiger charge is 2.12. The Morgan fingerprint density at radius 3 is 1.42 bits per heavy atom. The van der Waals surface area contributed by atoms with E-state index in [1.165, 1.54) is 11.1 Å². The van der Waals surface area contributed by atoms with E-state index < -0.39 is 0 Å². The topological polar surface area (TPSA) is 41.3 Å². The normalized spacial score (nSPS) is 10.5. The van der Waals surface area contributed by atoms with Gasteiger partial charge in [0.2, 0.25) is 0 Å². The maximum Gasteiger partial charge on any atom is 0.0463 e. The van der Waals surface area contributed by atoms with Crippen LogP contribution in [0.25, 0.3) is 11.1 Å².